The predicted molar refractivity (Wildman–Crippen MR) is 59.4 cm³/mol. The number of rotatable bonds is 5. The molecule has 1 rings (SSSR count). The maximum atomic E-state index is 12.4. The predicted octanol–water partition coefficient (Wildman–Crippen LogP) is 2.35. The van der Waals surface area contributed by atoms with Crippen LogP contribution in [0.2, 0.25) is 0 Å². The largest absolute Gasteiger partial charge is 0.462 e. The van der Waals surface area contributed by atoms with Gasteiger partial charge >= 0.3 is 13.6 Å². The molecule has 0 N–H and O–H groups in total. The average Bonchev–Trinajstić information content (AvgIpc) is 2.17. The van der Waals surface area contributed by atoms with E-state index >= 15 is 0 Å². The van der Waals surface area contributed by atoms with Gasteiger partial charge < -0.3 is 13.8 Å². The smallest absolute Gasteiger partial charge is 0.337 e. The Morgan fingerprint density at radius 1 is 1.38 bits per heavy atom. The molecule has 1 aliphatic heterocycles. The molecule has 2 atom stereocenters. The molecule has 0 aliphatic carbocycles. The highest BCUT2D eigenvalue weighted by atomic mass is 31.2. The van der Waals surface area contributed by atoms with Crippen LogP contribution in [0.5, 0.6) is 0 Å². The number of carbonyl (C=O) groups excluding carboxylic acids is 1. The molecule has 0 aromatic heterocycles. The number of hydrogen-bond donors (Lipinski definition) is 0. The summed E-state index contributed by atoms with van der Waals surface area (Å²) in [6.07, 6.45) is 0.362. The first-order valence-electron chi connectivity index (χ1n) is 5.61. The van der Waals surface area contributed by atoms with Crippen LogP contribution in [0.4, 0.5) is 0 Å². The Morgan fingerprint density at radius 2 is 1.94 bits per heavy atom. The second-order valence-electron chi connectivity index (χ2n) is 3.68. The number of hydrogen-bond acceptors (Lipinski definition) is 5. The Labute approximate surface area is 96.0 Å². The summed E-state index contributed by atoms with van der Waals surface area (Å²) in [7, 11) is -3.15. The molecule has 0 saturated carbocycles. The topological polar surface area (TPSA) is 61.8 Å². The summed E-state index contributed by atoms with van der Waals surface area (Å²) in [6, 6.07) is 0. The summed E-state index contributed by atoms with van der Waals surface area (Å²) in [5.74, 6) is -0.247. The molecule has 1 aliphatic rings. The second kappa shape index (κ2) is 5.80. The van der Waals surface area contributed by atoms with E-state index in [0.717, 1.165) is 0 Å². The van der Waals surface area contributed by atoms with E-state index in [-0.39, 0.29) is 18.0 Å². The van der Waals surface area contributed by atoms with E-state index in [9.17, 15) is 9.36 Å². The van der Waals surface area contributed by atoms with Gasteiger partial charge in [-0.2, -0.15) is 0 Å². The van der Waals surface area contributed by atoms with Crippen LogP contribution in [0.1, 0.15) is 33.6 Å². The summed E-state index contributed by atoms with van der Waals surface area (Å²) < 4.78 is 28.0. The molecule has 0 aromatic carbocycles. The third-order valence-electron chi connectivity index (χ3n) is 2.53. The van der Waals surface area contributed by atoms with Crippen molar-refractivity contribution in [1.82, 2.24) is 0 Å². The Bertz CT molecular complexity index is 281. The first-order chi connectivity index (χ1) is 7.53. The molecular weight excluding hydrogens is 231 g/mol. The summed E-state index contributed by atoms with van der Waals surface area (Å²) >= 11 is 0. The van der Waals surface area contributed by atoms with Crippen LogP contribution in [0, 0.1) is 0 Å². The molecule has 0 aromatic rings. The van der Waals surface area contributed by atoms with Crippen molar-refractivity contribution in [3.05, 3.63) is 0 Å². The van der Waals surface area contributed by atoms with E-state index in [2.05, 4.69) is 0 Å². The van der Waals surface area contributed by atoms with Crippen molar-refractivity contribution in [3.8, 4) is 0 Å². The molecule has 0 spiro atoms. The van der Waals surface area contributed by atoms with Gasteiger partial charge in [-0.3, -0.25) is 9.36 Å². The van der Waals surface area contributed by atoms with Gasteiger partial charge in [-0.25, -0.2) is 0 Å². The van der Waals surface area contributed by atoms with Gasteiger partial charge in [0, 0.05) is 6.42 Å². The number of esters is 1. The lowest BCUT2D eigenvalue weighted by atomic mass is 10.1. The number of cyclic esters (lactones) is 1. The zero-order valence-corrected chi connectivity index (χ0v) is 10.9. The molecule has 0 unspecified atom stereocenters. The molecule has 16 heavy (non-hydrogen) atoms. The fourth-order valence-electron chi connectivity index (χ4n) is 1.85. The van der Waals surface area contributed by atoms with Crippen molar-refractivity contribution in [1.29, 1.82) is 0 Å². The maximum Gasteiger partial charge on any atom is 0.337 e. The zero-order valence-electron chi connectivity index (χ0n) is 9.97. The first kappa shape index (κ1) is 13.7. The molecule has 6 heteroatoms. The lowest BCUT2D eigenvalue weighted by molar-refractivity contribution is -0.152. The standard InChI is InChI=1S/C10H19O5P/c1-4-13-16(12,14-5-2)9-6-7-10(11)15-8(9)3/h8-9H,4-7H2,1-3H3/t8-,9-/m0/s1. The highest BCUT2D eigenvalue weighted by Gasteiger charge is 2.43. The molecular formula is C10H19O5P. The highest BCUT2D eigenvalue weighted by Crippen LogP contribution is 2.56. The Kier molecular flexibility index (Phi) is 4.96. The molecule has 0 bridgehead atoms. The van der Waals surface area contributed by atoms with Gasteiger partial charge in [-0.15, -0.1) is 0 Å². The van der Waals surface area contributed by atoms with Gasteiger partial charge in [0.2, 0.25) is 0 Å². The molecule has 5 nitrogen and oxygen atoms in total. The van der Waals surface area contributed by atoms with Gasteiger partial charge in [0.1, 0.15) is 6.10 Å². The van der Waals surface area contributed by atoms with E-state index in [0.29, 0.717) is 19.6 Å². The molecule has 1 heterocycles. The molecule has 0 radical (unpaired) electrons. The molecule has 1 saturated heterocycles. The Balaban J connectivity index is 2.78. The third kappa shape index (κ3) is 3.06. The first-order valence-corrected chi connectivity index (χ1v) is 7.23. The van der Waals surface area contributed by atoms with Crippen LogP contribution in [0.3, 0.4) is 0 Å². The summed E-state index contributed by atoms with van der Waals surface area (Å²) in [6.45, 7) is 5.92. The average molecular weight is 250 g/mol. The summed E-state index contributed by atoms with van der Waals surface area (Å²) in [4.78, 5) is 11.1. The van der Waals surface area contributed by atoms with Gasteiger partial charge in [-0.1, -0.05) is 0 Å². The molecule has 94 valence electrons. The Morgan fingerprint density at radius 3 is 2.38 bits per heavy atom. The van der Waals surface area contributed by atoms with Crippen LogP contribution >= 0.6 is 7.60 Å². The van der Waals surface area contributed by atoms with E-state index in [1.165, 1.54) is 0 Å². The quantitative estimate of drug-likeness (QED) is 0.553. The SMILES string of the molecule is CCOP(=O)(OCC)[C@H]1CCC(=O)O[C@H]1C. The van der Waals surface area contributed by atoms with Crippen LogP contribution in [0.25, 0.3) is 0 Å². The van der Waals surface area contributed by atoms with Crippen LogP contribution in [0.15, 0.2) is 0 Å². The van der Waals surface area contributed by atoms with Gasteiger partial charge in [-0.05, 0) is 27.2 Å². The summed E-state index contributed by atoms with van der Waals surface area (Å²) in [5.41, 5.74) is -0.343. The zero-order chi connectivity index (χ0) is 12.2. The van der Waals surface area contributed by atoms with Gasteiger partial charge in [0.05, 0.1) is 18.9 Å². The van der Waals surface area contributed by atoms with Gasteiger partial charge in [0.15, 0.2) is 0 Å². The van der Waals surface area contributed by atoms with Crippen molar-refractivity contribution in [2.45, 2.75) is 45.4 Å². The molecule has 1 fully saturated rings. The number of carbonyl (C=O) groups is 1. The monoisotopic (exact) mass is 250 g/mol. The van der Waals surface area contributed by atoms with Crippen molar-refractivity contribution in [3.63, 3.8) is 0 Å². The normalized spacial score (nSPS) is 26.6. The lowest BCUT2D eigenvalue weighted by Crippen LogP contribution is -2.35. The van der Waals surface area contributed by atoms with E-state index in [1.54, 1.807) is 20.8 Å². The lowest BCUT2D eigenvalue weighted by Gasteiger charge is -2.33. The van der Waals surface area contributed by atoms with Crippen LogP contribution < -0.4 is 0 Å². The van der Waals surface area contributed by atoms with E-state index in [1.807, 2.05) is 0 Å². The summed E-state index contributed by atoms with van der Waals surface area (Å²) in [5, 5.41) is 0. The minimum absolute atomic E-state index is 0.247. The van der Waals surface area contributed by atoms with E-state index in [4.69, 9.17) is 13.8 Å². The van der Waals surface area contributed by atoms with Crippen molar-refractivity contribution < 1.29 is 23.1 Å². The number of ether oxygens (including phenoxy) is 1. The fourth-order valence-corrected chi connectivity index (χ4v) is 4.05. The maximum absolute atomic E-state index is 12.4. The van der Waals surface area contributed by atoms with Crippen molar-refractivity contribution >= 4 is 13.6 Å². The fraction of sp³-hybridized carbons (Fsp3) is 0.900. The third-order valence-corrected chi connectivity index (χ3v) is 5.25. The van der Waals surface area contributed by atoms with Crippen molar-refractivity contribution in [2.24, 2.45) is 0 Å². The van der Waals surface area contributed by atoms with E-state index < -0.39 is 13.7 Å². The van der Waals surface area contributed by atoms with Gasteiger partial charge in [0.25, 0.3) is 0 Å². The molecule has 0 amide bonds. The second-order valence-corrected chi connectivity index (χ2v) is 5.94. The highest BCUT2D eigenvalue weighted by molar-refractivity contribution is 7.54. The van der Waals surface area contributed by atoms with Crippen LogP contribution in [-0.2, 0) is 23.1 Å². The van der Waals surface area contributed by atoms with Crippen molar-refractivity contribution in [2.75, 3.05) is 13.2 Å². The minimum Gasteiger partial charge on any atom is -0.462 e. The Hall–Kier alpha value is -0.380. The van der Waals surface area contributed by atoms with Crippen LogP contribution in [-0.4, -0.2) is 30.9 Å². The minimum atomic E-state index is -3.15.